The van der Waals surface area contributed by atoms with Gasteiger partial charge in [0, 0.05) is 5.56 Å². The molecule has 1 aliphatic rings. The smallest absolute Gasteiger partial charge is 0.281 e. The average Bonchev–Trinajstić information content (AvgIpc) is 3.08. The second-order valence-corrected chi connectivity index (χ2v) is 8.05. The van der Waals surface area contributed by atoms with Crippen LogP contribution in [0.15, 0.2) is 66.4 Å². The molecule has 3 aromatic rings. The fourth-order valence-electron chi connectivity index (χ4n) is 3.56. The van der Waals surface area contributed by atoms with Gasteiger partial charge in [0.15, 0.2) is 5.11 Å². The van der Waals surface area contributed by atoms with E-state index in [-0.39, 0.29) is 16.8 Å². The molecule has 4 rings (SSSR count). The molecular formula is C26H23FN2O3S. The van der Waals surface area contributed by atoms with Crippen LogP contribution in [0.25, 0.3) is 6.08 Å². The van der Waals surface area contributed by atoms with E-state index < -0.39 is 0 Å². The normalized spacial score (nSPS) is 14.5. The molecular weight excluding hydrogens is 439 g/mol. The monoisotopic (exact) mass is 462 g/mol. The maximum atomic E-state index is 13.3. The van der Waals surface area contributed by atoms with Crippen molar-refractivity contribution in [3.8, 4) is 11.5 Å². The quantitative estimate of drug-likeness (QED) is 0.398. The topological polar surface area (TPSA) is 50.8 Å². The molecule has 7 heteroatoms. The number of ether oxygens (including phenoxy) is 2. The Bertz CT molecular complexity index is 1250. The van der Waals surface area contributed by atoms with Crippen molar-refractivity contribution in [2.75, 3.05) is 12.0 Å². The summed E-state index contributed by atoms with van der Waals surface area (Å²) in [5.74, 6) is 0.815. The number of anilines is 1. The molecule has 0 aliphatic carbocycles. The van der Waals surface area contributed by atoms with E-state index in [4.69, 9.17) is 21.7 Å². The van der Waals surface area contributed by atoms with Gasteiger partial charge in [0.1, 0.15) is 29.6 Å². The molecule has 0 saturated carbocycles. The molecule has 0 spiro atoms. The van der Waals surface area contributed by atoms with Crippen molar-refractivity contribution in [2.24, 2.45) is 0 Å². The van der Waals surface area contributed by atoms with Gasteiger partial charge in [-0.1, -0.05) is 18.2 Å². The fourth-order valence-corrected chi connectivity index (χ4v) is 3.86. The van der Waals surface area contributed by atoms with E-state index in [1.54, 1.807) is 13.2 Å². The number of carbonyl (C=O) groups excluding carboxylic acids is 1. The number of thiocarbonyl (C=S) groups is 1. The van der Waals surface area contributed by atoms with Crippen molar-refractivity contribution in [3.05, 3.63) is 94.4 Å². The summed E-state index contributed by atoms with van der Waals surface area (Å²) >= 11 is 5.33. The van der Waals surface area contributed by atoms with Crippen molar-refractivity contribution >= 4 is 35.0 Å². The van der Waals surface area contributed by atoms with Crippen LogP contribution < -0.4 is 19.7 Å². The number of benzene rings is 3. The number of nitrogens with one attached hydrogen (secondary N) is 1. The van der Waals surface area contributed by atoms with Crippen LogP contribution in [0.4, 0.5) is 10.1 Å². The Morgan fingerprint density at radius 1 is 1.06 bits per heavy atom. The van der Waals surface area contributed by atoms with Crippen LogP contribution in [0.1, 0.15) is 22.3 Å². The van der Waals surface area contributed by atoms with Gasteiger partial charge in [0.25, 0.3) is 5.91 Å². The third-order valence-electron chi connectivity index (χ3n) is 5.52. The van der Waals surface area contributed by atoms with E-state index in [9.17, 15) is 9.18 Å². The van der Waals surface area contributed by atoms with E-state index in [0.29, 0.717) is 23.7 Å². The number of hydrogen-bond donors (Lipinski definition) is 1. The predicted octanol–water partition coefficient (Wildman–Crippen LogP) is 5.29. The molecule has 0 unspecified atom stereocenters. The molecule has 1 aliphatic heterocycles. The summed E-state index contributed by atoms with van der Waals surface area (Å²) in [5.41, 5.74) is 4.71. The Hall–Kier alpha value is -3.71. The molecule has 1 heterocycles. The number of amides is 1. The first-order valence-electron chi connectivity index (χ1n) is 10.4. The summed E-state index contributed by atoms with van der Waals surface area (Å²) in [6, 6.07) is 17.2. The standard InChI is InChI=1S/C26H23FN2O3S/c1-16-5-4-6-23(17(16)2)32-15-19-13-18(7-12-24(19)31-3)14-22-25(30)29(26(33)28-22)21-10-8-20(27)9-11-21/h4-14H,15H2,1-3H3,(H,28,33)/b22-14+. The van der Waals surface area contributed by atoms with Gasteiger partial charge in [-0.3, -0.25) is 9.69 Å². The summed E-state index contributed by atoms with van der Waals surface area (Å²) in [7, 11) is 1.61. The first-order chi connectivity index (χ1) is 15.9. The van der Waals surface area contributed by atoms with Crippen LogP contribution >= 0.6 is 12.2 Å². The number of aryl methyl sites for hydroxylation is 1. The SMILES string of the molecule is COc1ccc(/C=C2/NC(=S)N(c3ccc(F)cc3)C2=O)cc1COc1cccc(C)c1C. The first-order valence-corrected chi connectivity index (χ1v) is 10.8. The second-order valence-electron chi connectivity index (χ2n) is 7.66. The van der Waals surface area contributed by atoms with E-state index in [1.807, 2.05) is 50.2 Å². The van der Waals surface area contributed by atoms with Crippen molar-refractivity contribution in [3.63, 3.8) is 0 Å². The molecule has 3 aromatic carbocycles. The second kappa shape index (κ2) is 9.42. The molecule has 0 bridgehead atoms. The highest BCUT2D eigenvalue weighted by atomic mass is 32.1. The van der Waals surface area contributed by atoms with Crippen molar-refractivity contribution in [2.45, 2.75) is 20.5 Å². The van der Waals surface area contributed by atoms with E-state index in [0.717, 1.165) is 28.0 Å². The third kappa shape index (κ3) is 4.73. The Morgan fingerprint density at radius 2 is 1.82 bits per heavy atom. The third-order valence-corrected chi connectivity index (χ3v) is 5.80. The minimum absolute atomic E-state index is 0.241. The summed E-state index contributed by atoms with van der Waals surface area (Å²) in [6.45, 7) is 4.38. The number of halogens is 1. The lowest BCUT2D eigenvalue weighted by molar-refractivity contribution is -0.113. The molecule has 0 aromatic heterocycles. The van der Waals surface area contributed by atoms with Crippen LogP contribution in [0, 0.1) is 19.7 Å². The lowest BCUT2D eigenvalue weighted by Crippen LogP contribution is -2.30. The Kier molecular flexibility index (Phi) is 6.42. The van der Waals surface area contributed by atoms with E-state index in [2.05, 4.69) is 5.32 Å². The lowest BCUT2D eigenvalue weighted by atomic mass is 10.1. The number of nitrogens with zero attached hydrogens (tertiary/aromatic N) is 1. The largest absolute Gasteiger partial charge is 0.496 e. The average molecular weight is 463 g/mol. The summed E-state index contributed by atoms with van der Waals surface area (Å²) in [5, 5.41) is 3.19. The van der Waals surface area contributed by atoms with Gasteiger partial charge in [-0.15, -0.1) is 0 Å². The lowest BCUT2D eigenvalue weighted by Gasteiger charge is -2.14. The minimum Gasteiger partial charge on any atom is -0.496 e. The van der Waals surface area contributed by atoms with Crippen LogP contribution in [0.2, 0.25) is 0 Å². The number of methoxy groups -OCH3 is 1. The Labute approximate surface area is 197 Å². The van der Waals surface area contributed by atoms with Gasteiger partial charge in [0.2, 0.25) is 0 Å². The molecule has 0 atom stereocenters. The minimum atomic E-state index is -0.381. The molecule has 1 fully saturated rings. The maximum absolute atomic E-state index is 13.3. The van der Waals surface area contributed by atoms with Crippen molar-refractivity contribution in [1.82, 2.24) is 5.32 Å². The summed E-state index contributed by atoms with van der Waals surface area (Å²) in [6.07, 6.45) is 1.72. The molecule has 1 amide bonds. The number of hydrogen-bond acceptors (Lipinski definition) is 4. The molecule has 0 radical (unpaired) electrons. The molecule has 33 heavy (non-hydrogen) atoms. The van der Waals surface area contributed by atoms with Crippen LogP contribution in [0.3, 0.4) is 0 Å². The zero-order chi connectivity index (χ0) is 23.5. The summed E-state index contributed by atoms with van der Waals surface area (Å²) < 4.78 is 24.8. The van der Waals surface area contributed by atoms with Gasteiger partial charge in [-0.05, 0) is 91.3 Å². The van der Waals surface area contributed by atoms with Gasteiger partial charge in [-0.25, -0.2) is 4.39 Å². The molecule has 1 saturated heterocycles. The highest BCUT2D eigenvalue weighted by Gasteiger charge is 2.32. The fraction of sp³-hybridized carbons (Fsp3) is 0.154. The number of carbonyl (C=O) groups is 1. The van der Waals surface area contributed by atoms with Crippen molar-refractivity contribution in [1.29, 1.82) is 0 Å². The molecule has 168 valence electrons. The van der Waals surface area contributed by atoms with Gasteiger partial charge >= 0.3 is 0 Å². The van der Waals surface area contributed by atoms with Gasteiger partial charge in [0.05, 0.1) is 12.8 Å². The Balaban J connectivity index is 1.58. The predicted molar refractivity (Wildman–Crippen MR) is 131 cm³/mol. The zero-order valence-corrected chi connectivity index (χ0v) is 19.3. The van der Waals surface area contributed by atoms with Crippen LogP contribution in [0.5, 0.6) is 11.5 Å². The van der Waals surface area contributed by atoms with Crippen LogP contribution in [-0.4, -0.2) is 18.1 Å². The highest BCUT2D eigenvalue weighted by molar-refractivity contribution is 7.80. The molecule has 5 nitrogen and oxygen atoms in total. The van der Waals surface area contributed by atoms with E-state index >= 15 is 0 Å². The molecule has 1 N–H and O–H groups in total. The maximum Gasteiger partial charge on any atom is 0.281 e. The van der Waals surface area contributed by atoms with Crippen molar-refractivity contribution < 1.29 is 18.7 Å². The zero-order valence-electron chi connectivity index (χ0n) is 18.5. The summed E-state index contributed by atoms with van der Waals surface area (Å²) in [4.78, 5) is 14.3. The van der Waals surface area contributed by atoms with E-state index in [1.165, 1.54) is 29.2 Å². The van der Waals surface area contributed by atoms with Gasteiger partial charge < -0.3 is 14.8 Å². The van der Waals surface area contributed by atoms with Crippen LogP contribution in [-0.2, 0) is 11.4 Å². The first kappa shape index (κ1) is 22.5. The highest BCUT2D eigenvalue weighted by Crippen LogP contribution is 2.27. The van der Waals surface area contributed by atoms with Gasteiger partial charge in [-0.2, -0.15) is 0 Å². The Morgan fingerprint density at radius 3 is 2.55 bits per heavy atom. The number of rotatable bonds is 6.